The van der Waals surface area contributed by atoms with E-state index in [4.69, 9.17) is 10.2 Å². The first-order chi connectivity index (χ1) is 9.41. The average Bonchev–Trinajstić information content (AvgIpc) is 2.63. The monoisotopic (exact) mass is 274 g/mol. The molecule has 1 aromatic carbocycles. The summed E-state index contributed by atoms with van der Waals surface area (Å²) in [5.74, 6) is 1.63. The van der Waals surface area contributed by atoms with Crippen molar-refractivity contribution in [3.63, 3.8) is 0 Å². The summed E-state index contributed by atoms with van der Waals surface area (Å²) in [6.45, 7) is 5.72. The maximum absolute atomic E-state index is 11.0. The van der Waals surface area contributed by atoms with E-state index in [1.54, 1.807) is 18.2 Å². The highest BCUT2D eigenvalue weighted by molar-refractivity contribution is 5.42. The van der Waals surface area contributed by atoms with Crippen molar-refractivity contribution in [2.24, 2.45) is 5.73 Å². The van der Waals surface area contributed by atoms with Crippen molar-refractivity contribution < 1.29 is 9.34 Å². The topological polar surface area (TPSA) is 82.3 Å². The van der Waals surface area contributed by atoms with Crippen LogP contribution in [-0.2, 0) is 6.42 Å². The van der Waals surface area contributed by atoms with E-state index < -0.39 is 0 Å². The van der Waals surface area contributed by atoms with Gasteiger partial charge < -0.3 is 10.2 Å². The second-order valence-electron chi connectivity index (χ2n) is 4.95. The first-order valence-corrected chi connectivity index (χ1v) is 6.46. The molecule has 0 spiro atoms. The summed E-state index contributed by atoms with van der Waals surface area (Å²) in [6.07, 6.45) is 0.414. The largest absolute Gasteiger partial charge is 0.466 e. The third-order valence-corrected chi connectivity index (χ3v) is 3.62. The van der Waals surface area contributed by atoms with E-state index in [1.165, 1.54) is 6.07 Å². The van der Waals surface area contributed by atoms with Gasteiger partial charge in [0.25, 0.3) is 5.69 Å². The maximum atomic E-state index is 11.0. The number of nitro benzene ring substituents is 1. The summed E-state index contributed by atoms with van der Waals surface area (Å²) >= 11 is 0. The highest BCUT2D eigenvalue weighted by Gasteiger charge is 2.21. The van der Waals surface area contributed by atoms with E-state index in [0.29, 0.717) is 12.0 Å². The molecule has 5 heteroatoms. The predicted octanol–water partition coefficient (Wildman–Crippen LogP) is 3.36. The Morgan fingerprint density at radius 3 is 2.45 bits per heavy atom. The highest BCUT2D eigenvalue weighted by atomic mass is 16.6. The molecule has 1 heterocycles. The Kier molecular flexibility index (Phi) is 3.90. The smallest absolute Gasteiger partial charge is 0.272 e. The molecule has 1 unspecified atom stereocenters. The van der Waals surface area contributed by atoms with Gasteiger partial charge in [-0.2, -0.15) is 0 Å². The number of nitrogens with two attached hydrogens (primary N) is 1. The molecule has 0 aliphatic carbocycles. The average molecular weight is 274 g/mol. The number of furan rings is 1. The van der Waals surface area contributed by atoms with Crippen molar-refractivity contribution in [3.05, 3.63) is 62.6 Å². The van der Waals surface area contributed by atoms with E-state index in [1.807, 2.05) is 20.8 Å². The summed E-state index contributed by atoms with van der Waals surface area (Å²) in [6, 6.07) is 6.38. The minimum atomic E-state index is -0.373. The fourth-order valence-corrected chi connectivity index (χ4v) is 2.55. The molecule has 106 valence electrons. The number of benzene rings is 1. The van der Waals surface area contributed by atoms with Crippen LogP contribution in [0.4, 0.5) is 5.69 Å². The number of nitrogens with zero attached hydrogens (tertiary/aromatic N) is 1. The minimum Gasteiger partial charge on any atom is -0.466 e. The number of hydrogen-bond donors (Lipinski definition) is 1. The fraction of sp³-hybridized carbons (Fsp3) is 0.333. The molecule has 0 saturated carbocycles. The predicted molar refractivity (Wildman–Crippen MR) is 76.6 cm³/mol. The zero-order valence-corrected chi connectivity index (χ0v) is 11.8. The van der Waals surface area contributed by atoms with Crippen LogP contribution < -0.4 is 5.73 Å². The molecule has 20 heavy (non-hydrogen) atoms. The molecule has 0 fully saturated rings. The minimum absolute atomic E-state index is 0.110. The quantitative estimate of drug-likeness (QED) is 0.684. The number of rotatable bonds is 4. The van der Waals surface area contributed by atoms with Crippen LogP contribution in [0.2, 0.25) is 0 Å². The van der Waals surface area contributed by atoms with Crippen molar-refractivity contribution in [1.82, 2.24) is 0 Å². The second kappa shape index (κ2) is 5.46. The van der Waals surface area contributed by atoms with Crippen molar-refractivity contribution in [2.75, 3.05) is 0 Å². The van der Waals surface area contributed by atoms with Crippen LogP contribution in [0.3, 0.4) is 0 Å². The Hall–Kier alpha value is -2.14. The third-order valence-electron chi connectivity index (χ3n) is 3.62. The highest BCUT2D eigenvalue weighted by Crippen LogP contribution is 2.30. The Bertz CT molecular complexity index is 647. The first-order valence-electron chi connectivity index (χ1n) is 6.46. The van der Waals surface area contributed by atoms with Crippen molar-refractivity contribution in [2.45, 2.75) is 33.2 Å². The summed E-state index contributed by atoms with van der Waals surface area (Å²) in [5, 5.41) is 11.0. The van der Waals surface area contributed by atoms with E-state index in [2.05, 4.69) is 0 Å². The Morgan fingerprint density at radius 1 is 1.25 bits per heavy atom. The van der Waals surface area contributed by atoms with Gasteiger partial charge in [0.15, 0.2) is 0 Å². The number of hydrogen-bond acceptors (Lipinski definition) is 4. The van der Waals surface area contributed by atoms with Crippen LogP contribution in [0.15, 0.2) is 28.7 Å². The van der Waals surface area contributed by atoms with E-state index >= 15 is 0 Å². The molecule has 2 aromatic rings. The molecule has 0 saturated heterocycles. The molecule has 2 N–H and O–H groups in total. The van der Waals surface area contributed by atoms with E-state index in [-0.39, 0.29) is 16.7 Å². The van der Waals surface area contributed by atoms with Crippen LogP contribution in [-0.4, -0.2) is 4.92 Å². The van der Waals surface area contributed by atoms with Gasteiger partial charge in [-0.05, 0) is 32.8 Å². The van der Waals surface area contributed by atoms with Crippen LogP contribution in [0.1, 0.15) is 34.3 Å². The summed E-state index contributed by atoms with van der Waals surface area (Å²) in [5.41, 5.74) is 8.95. The fourth-order valence-electron chi connectivity index (χ4n) is 2.55. The lowest BCUT2D eigenvalue weighted by Gasteiger charge is -2.12. The lowest BCUT2D eigenvalue weighted by molar-refractivity contribution is -0.385. The lowest BCUT2D eigenvalue weighted by Crippen LogP contribution is -2.15. The Morgan fingerprint density at radius 2 is 1.90 bits per heavy atom. The van der Waals surface area contributed by atoms with E-state index in [0.717, 1.165) is 22.6 Å². The van der Waals surface area contributed by atoms with E-state index in [9.17, 15) is 10.1 Å². The van der Waals surface area contributed by atoms with Gasteiger partial charge in [0.2, 0.25) is 0 Å². The van der Waals surface area contributed by atoms with Crippen LogP contribution in [0, 0.1) is 30.9 Å². The zero-order valence-electron chi connectivity index (χ0n) is 11.8. The molecule has 0 aliphatic rings. The molecule has 0 aliphatic heterocycles. The number of nitro groups is 1. The molecule has 2 rings (SSSR count). The maximum Gasteiger partial charge on any atom is 0.272 e. The van der Waals surface area contributed by atoms with Gasteiger partial charge >= 0.3 is 0 Å². The zero-order chi connectivity index (χ0) is 14.9. The Labute approximate surface area is 117 Å². The van der Waals surface area contributed by atoms with Gasteiger partial charge in [-0.25, -0.2) is 0 Å². The molecule has 5 nitrogen and oxygen atoms in total. The SMILES string of the molecule is Cc1oc(C)c(C(N)Cc2ccccc2[N+](=O)[O-])c1C. The second-order valence-corrected chi connectivity index (χ2v) is 4.95. The summed E-state index contributed by atoms with van der Waals surface area (Å²) in [7, 11) is 0. The van der Waals surface area contributed by atoms with Crippen LogP contribution in [0.25, 0.3) is 0 Å². The van der Waals surface area contributed by atoms with Crippen LogP contribution in [0.5, 0.6) is 0 Å². The molecular formula is C15H18N2O3. The van der Waals surface area contributed by atoms with Crippen molar-refractivity contribution in [1.29, 1.82) is 0 Å². The van der Waals surface area contributed by atoms with Gasteiger partial charge in [0.1, 0.15) is 11.5 Å². The lowest BCUT2D eigenvalue weighted by atomic mass is 9.96. The summed E-state index contributed by atoms with van der Waals surface area (Å²) in [4.78, 5) is 10.7. The van der Waals surface area contributed by atoms with Gasteiger partial charge in [0, 0.05) is 23.2 Å². The standard InChI is InChI=1S/C15H18N2O3/c1-9-10(2)20-11(3)15(9)13(16)8-12-6-4-5-7-14(12)17(18)19/h4-7,13H,8,16H2,1-3H3. The van der Waals surface area contributed by atoms with Crippen molar-refractivity contribution in [3.8, 4) is 0 Å². The first kappa shape index (κ1) is 14.3. The number of para-hydroxylation sites is 1. The normalized spacial score (nSPS) is 12.4. The van der Waals surface area contributed by atoms with Gasteiger partial charge in [-0.1, -0.05) is 18.2 Å². The van der Waals surface area contributed by atoms with Crippen LogP contribution >= 0.6 is 0 Å². The molecule has 1 atom stereocenters. The molecule has 1 aromatic heterocycles. The van der Waals surface area contributed by atoms with Gasteiger partial charge in [-0.3, -0.25) is 10.1 Å². The molecule has 0 radical (unpaired) electrons. The van der Waals surface area contributed by atoms with Gasteiger partial charge in [-0.15, -0.1) is 0 Å². The van der Waals surface area contributed by atoms with Gasteiger partial charge in [0.05, 0.1) is 4.92 Å². The molecular weight excluding hydrogens is 256 g/mol. The number of aryl methyl sites for hydroxylation is 2. The molecule has 0 bridgehead atoms. The van der Waals surface area contributed by atoms with Crippen molar-refractivity contribution >= 4 is 5.69 Å². The summed E-state index contributed by atoms with van der Waals surface area (Å²) < 4.78 is 5.57. The Balaban J connectivity index is 2.33. The molecule has 0 amide bonds. The third kappa shape index (κ3) is 2.58.